The molecule has 1 atom stereocenters. The van der Waals surface area contributed by atoms with E-state index < -0.39 is 6.10 Å². The third-order valence-electron chi connectivity index (χ3n) is 15.4. The van der Waals surface area contributed by atoms with E-state index in [0.717, 1.165) is 70.6 Å². The summed E-state index contributed by atoms with van der Waals surface area (Å²) in [7, 11) is 0. The van der Waals surface area contributed by atoms with Crippen molar-refractivity contribution < 1.29 is 28.6 Å². The number of unbranched alkanes of at least 4 members (excludes halogenated alkanes) is 46. The van der Waals surface area contributed by atoms with Gasteiger partial charge < -0.3 is 14.2 Å². The summed E-state index contributed by atoms with van der Waals surface area (Å²) in [6.45, 7) is 6.67. The van der Waals surface area contributed by atoms with Crippen LogP contribution in [0.5, 0.6) is 0 Å². The summed E-state index contributed by atoms with van der Waals surface area (Å²) >= 11 is 0. The first kappa shape index (κ1) is 73.6. The summed E-state index contributed by atoms with van der Waals surface area (Å²) in [5.74, 6) is -0.854. The van der Waals surface area contributed by atoms with E-state index in [0.29, 0.717) is 19.3 Å². The maximum absolute atomic E-state index is 12.9. The number of rotatable bonds is 63. The van der Waals surface area contributed by atoms with Crippen molar-refractivity contribution in [3.8, 4) is 0 Å². The predicted octanol–water partition coefficient (Wildman–Crippen LogP) is 23.2. The molecule has 1 unspecified atom stereocenters. The molecule has 0 aliphatic heterocycles. The zero-order chi connectivity index (χ0) is 55.0. The fourth-order valence-electron chi connectivity index (χ4n) is 10.2. The highest BCUT2D eigenvalue weighted by Crippen LogP contribution is 2.18. The number of carbonyl (C=O) groups is 3. The maximum atomic E-state index is 12.9. The molecule has 0 fully saturated rings. The molecule has 0 bridgehead atoms. The highest BCUT2D eigenvalue weighted by atomic mass is 16.6. The minimum absolute atomic E-state index is 0.0698. The molecule has 446 valence electrons. The van der Waals surface area contributed by atoms with Gasteiger partial charge in [-0.05, 0) is 77.0 Å². The normalized spacial score (nSPS) is 12.2. The second-order valence-corrected chi connectivity index (χ2v) is 23.1. The highest BCUT2D eigenvalue weighted by Gasteiger charge is 2.19. The van der Waals surface area contributed by atoms with Crippen LogP contribution in [0, 0.1) is 0 Å². The summed E-state index contributed by atoms with van der Waals surface area (Å²) in [6.07, 6.45) is 80.4. The fraction of sp³-hybridized carbons (Fsp3) is 0.871. The molecule has 0 aliphatic carbocycles. The Hall–Kier alpha value is -2.37. The molecule has 0 aromatic heterocycles. The largest absolute Gasteiger partial charge is 0.462 e. The Morgan fingerprint density at radius 1 is 0.263 bits per heavy atom. The molecule has 6 heteroatoms. The number of hydrogen-bond donors (Lipinski definition) is 0. The van der Waals surface area contributed by atoms with Gasteiger partial charge in [-0.2, -0.15) is 0 Å². The van der Waals surface area contributed by atoms with Crippen LogP contribution < -0.4 is 0 Å². The molecule has 0 N–H and O–H groups in total. The lowest BCUT2D eigenvalue weighted by atomic mass is 10.0. The Morgan fingerprint density at radius 3 is 0.737 bits per heavy atom. The van der Waals surface area contributed by atoms with Crippen LogP contribution in [-0.2, 0) is 28.6 Å². The van der Waals surface area contributed by atoms with E-state index in [1.807, 2.05) is 0 Å². The van der Waals surface area contributed by atoms with Gasteiger partial charge in [0.25, 0.3) is 0 Å². The molecular formula is C70H130O6. The lowest BCUT2D eigenvalue weighted by Gasteiger charge is -2.18. The second-order valence-electron chi connectivity index (χ2n) is 23.1. The van der Waals surface area contributed by atoms with Crippen molar-refractivity contribution >= 4 is 17.9 Å². The monoisotopic (exact) mass is 1070 g/mol. The van der Waals surface area contributed by atoms with Gasteiger partial charge in [0, 0.05) is 19.3 Å². The SMILES string of the molecule is CCCCCCC/C=C\C/C=C\CCCCCCCCCCCCCCCCCCCCCC(=O)OCC(COC(=O)CCCCCCCCCCCCC)OC(=O)CCCCCCC/C=C\CCCCCCCCC. The lowest BCUT2D eigenvalue weighted by Crippen LogP contribution is -2.30. The lowest BCUT2D eigenvalue weighted by molar-refractivity contribution is -0.167. The van der Waals surface area contributed by atoms with Crippen LogP contribution in [0.15, 0.2) is 36.5 Å². The van der Waals surface area contributed by atoms with Crippen molar-refractivity contribution in [1.82, 2.24) is 0 Å². The first-order valence-electron chi connectivity index (χ1n) is 34.0. The minimum Gasteiger partial charge on any atom is -0.462 e. The molecule has 0 heterocycles. The molecule has 0 aromatic rings. The van der Waals surface area contributed by atoms with Gasteiger partial charge in [0.15, 0.2) is 6.10 Å². The van der Waals surface area contributed by atoms with E-state index in [4.69, 9.17) is 14.2 Å². The number of ether oxygens (including phenoxy) is 3. The van der Waals surface area contributed by atoms with Crippen molar-refractivity contribution in [3.63, 3.8) is 0 Å². The van der Waals surface area contributed by atoms with Crippen LogP contribution in [0.1, 0.15) is 374 Å². The summed E-state index contributed by atoms with van der Waals surface area (Å²) < 4.78 is 16.9. The van der Waals surface area contributed by atoms with Crippen LogP contribution in [0.3, 0.4) is 0 Å². The Kier molecular flexibility index (Phi) is 63.1. The second kappa shape index (κ2) is 65.2. The van der Waals surface area contributed by atoms with Gasteiger partial charge in [0.1, 0.15) is 13.2 Å². The minimum atomic E-state index is -0.772. The summed E-state index contributed by atoms with van der Waals surface area (Å²) in [5, 5.41) is 0. The van der Waals surface area contributed by atoms with Gasteiger partial charge in [-0.15, -0.1) is 0 Å². The smallest absolute Gasteiger partial charge is 0.306 e. The quantitative estimate of drug-likeness (QED) is 0.0261. The molecule has 0 saturated carbocycles. The van der Waals surface area contributed by atoms with Crippen LogP contribution in [0.25, 0.3) is 0 Å². The summed E-state index contributed by atoms with van der Waals surface area (Å²) in [6, 6.07) is 0. The van der Waals surface area contributed by atoms with Gasteiger partial charge in [-0.25, -0.2) is 0 Å². The Bertz CT molecular complexity index is 1270. The van der Waals surface area contributed by atoms with Gasteiger partial charge in [-0.1, -0.05) is 314 Å². The molecule has 6 nitrogen and oxygen atoms in total. The standard InChI is InChI=1S/C70H130O6/c1-4-7-10-13-16-19-22-24-26-28-29-30-31-32-33-34-35-36-37-38-39-40-41-42-44-45-48-51-54-57-60-63-69(72)75-66-67(65-74-68(71)62-59-56-53-50-47-21-18-15-12-9-6-3)76-70(73)64-61-58-55-52-49-46-43-27-25-23-20-17-14-11-8-5-2/h22,24,27-29,43,67H,4-21,23,25-26,30-42,44-66H2,1-3H3/b24-22-,29-28-,43-27-. The fourth-order valence-corrected chi connectivity index (χ4v) is 10.2. The van der Waals surface area contributed by atoms with Crippen molar-refractivity contribution in [2.24, 2.45) is 0 Å². The number of allylic oxidation sites excluding steroid dienone is 6. The van der Waals surface area contributed by atoms with E-state index in [2.05, 4.69) is 57.2 Å². The third kappa shape index (κ3) is 62.5. The predicted molar refractivity (Wildman–Crippen MR) is 330 cm³/mol. The molecule has 0 spiro atoms. The average Bonchev–Trinajstić information content (AvgIpc) is 3.42. The summed E-state index contributed by atoms with van der Waals surface area (Å²) in [4.78, 5) is 38.2. The average molecular weight is 1070 g/mol. The molecule has 0 amide bonds. The van der Waals surface area contributed by atoms with E-state index in [9.17, 15) is 14.4 Å². The van der Waals surface area contributed by atoms with Crippen LogP contribution >= 0.6 is 0 Å². The van der Waals surface area contributed by atoms with Crippen molar-refractivity contribution in [2.75, 3.05) is 13.2 Å². The number of hydrogen-bond acceptors (Lipinski definition) is 6. The van der Waals surface area contributed by atoms with Crippen LogP contribution in [-0.4, -0.2) is 37.2 Å². The van der Waals surface area contributed by atoms with E-state index >= 15 is 0 Å². The zero-order valence-corrected chi connectivity index (χ0v) is 51.3. The first-order valence-corrected chi connectivity index (χ1v) is 34.0. The van der Waals surface area contributed by atoms with E-state index in [1.54, 1.807) is 0 Å². The zero-order valence-electron chi connectivity index (χ0n) is 51.3. The Labute approximate surface area is 474 Å². The van der Waals surface area contributed by atoms with Gasteiger partial charge in [-0.3, -0.25) is 14.4 Å². The number of esters is 3. The Balaban J connectivity index is 4.10. The van der Waals surface area contributed by atoms with Gasteiger partial charge in [0.2, 0.25) is 0 Å². The van der Waals surface area contributed by atoms with E-state index in [-0.39, 0.29) is 31.1 Å². The van der Waals surface area contributed by atoms with E-state index in [1.165, 1.54) is 263 Å². The van der Waals surface area contributed by atoms with Crippen molar-refractivity contribution in [2.45, 2.75) is 380 Å². The Morgan fingerprint density at radius 2 is 0.474 bits per heavy atom. The van der Waals surface area contributed by atoms with Crippen LogP contribution in [0.2, 0.25) is 0 Å². The van der Waals surface area contributed by atoms with Gasteiger partial charge in [0.05, 0.1) is 0 Å². The number of carbonyl (C=O) groups excluding carboxylic acids is 3. The molecule has 0 rings (SSSR count). The van der Waals surface area contributed by atoms with Crippen LogP contribution in [0.4, 0.5) is 0 Å². The van der Waals surface area contributed by atoms with Gasteiger partial charge >= 0.3 is 17.9 Å². The first-order chi connectivity index (χ1) is 37.5. The summed E-state index contributed by atoms with van der Waals surface area (Å²) in [5.41, 5.74) is 0. The maximum Gasteiger partial charge on any atom is 0.306 e. The molecule has 0 radical (unpaired) electrons. The highest BCUT2D eigenvalue weighted by molar-refractivity contribution is 5.71. The topological polar surface area (TPSA) is 78.9 Å². The van der Waals surface area contributed by atoms with Crippen molar-refractivity contribution in [1.29, 1.82) is 0 Å². The molecule has 76 heavy (non-hydrogen) atoms. The molecule has 0 aromatic carbocycles. The van der Waals surface area contributed by atoms with Crippen molar-refractivity contribution in [3.05, 3.63) is 36.5 Å². The molecule has 0 saturated heterocycles. The molecular weight excluding hydrogens is 937 g/mol. The molecule has 0 aliphatic rings. The third-order valence-corrected chi connectivity index (χ3v) is 15.4.